The number of fused-ring (bicyclic) bond motifs is 1. The van der Waals surface area contributed by atoms with Crippen LogP contribution in [-0.4, -0.2) is 9.97 Å². The van der Waals surface area contributed by atoms with Crippen molar-refractivity contribution < 1.29 is 24.5 Å². The maximum absolute atomic E-state index is 5.78. The van der Waals surface area contributed by atoms with Crippen LogP contribution in [0.5, 0.6) is 0 Å². The van der Waals surface area contributed by atoms with Gasteiger partial charge in [-0.05, 0) is 47.3 Å². The minimum Gasteiger partial charge on any atom is -0.461 e. The number of pyridine rings is 2. The van der Waals surface area contributed by atoms with Gasteiger partial charge in [-0.25, -0.2) is 0 Å². The van der Waals surface area contributed by atoms with E-state index >= 15 is 0 Å². The molecule has 3 heterocycles. The first-order valence-corrected chi connectivity index (χ1v) is 11.6. The Hall–Kier alpha value is -3.85. The number of hydrogen-bond donors (Lipinski definition) is 0. The fraction of sp³-hybridized carbons (Fsp3) is 0.0625. The number of aromatic nitrogens is 2. The average molecular weight is 645 g/mol. The number of aryl methyl sites for hydroxylation is 1. The van der Waals surface area contributed by atoms with Gasteiger partial charge in [0.15, 0.2) is 0 Å². The molecule has 3 aromatic carbocycles. The van der Waals surface area contributed by atoms with Gasteiger partial charge < -0.3 is 14.4 Å². The Kier molecular flexibility index (Phi) is 8.57. The molecule has 0 aliphatic heterocycles. The Morgan fingerprint density at radius 2 is 1.36 bits per heavy atom. The molecule has 0 aliphatic carbocycles. The summed E-state index contributed by atoms with van der Waals surface area (Å²) in [6, 6.07) is 40.6. The summed E-state index contributed by atoms with van der Waals surface area (Å²) in [6.45, 7) is 2.10. The molecule has 3 aromatic heterocycles. The van der Waals surface area contributed by atoms with Gasteiger partial charge in [-0.1, -0.05) is 37.3 Å². The van der Waals surface area contributed by atoms with Crippen LogP contribution in [0.15, 0.2) is 120 Å². The smallest absolute Gasteiger partial charge is 0.134 e. The van der Waals surface area contributed by atoms with E-state index in [1.54, 1.807) is 12.4 Å². The zero-order valence-electron chi connectivity index (χ0n) is 19.8. The standard InChI is InChI=1S/C21H16NO.C11H8N.Ir/c1-2-19-14-18-13-16(9-10-21(18)23-19)15-6-5-7-17(12-15)20-8-3-4-11-22-20;1-2-6-10(7-3-1)11-8-4-5-9-12-11;/h3-6,8-14H,2H2,1H3;1-6,8-9H;/q2*-1;. The van der Waals surface area contributed by atoms with E-state index in [0.717, 1.165) is 51.2 Å². The quantitative estimate of drug-likeness (QED) is 0.182. The SMILES string of the molecule is CCc1cc2cc(-c3cc[c-]c(-c4ccccn4)c3)ccc2o1.[Ir].[c-]1ccccc1-c1ccccn1. The molecule has 36 heavy (non-hydrogen) atoms. The van der Waals surface area contributed by atoms with Gasteiger partial charge in [-0.15, -0.1) is 71.3 Å². The number of nitrogens with zero attached hydrogens (tertiary/aromatic N) is 2. The Morgan fingerprint density at radius 1 is 0.667 bits per heavy atom. The second-order valence-electron chi connectivity index (χ2n) is 8.02. The van der Waals surface area contributed by atoms with Crippen LogP contribution in [0.2, 0.25) is 0 Å². The van der Waals surface area contributed by atoms with Crippen LogP contribution in [-0.2, 0) is 26.5 Å². The normalized spacial score (nSPS) is 10.2. The molecule has 0 amide bonds. The van der Waals surface area contributed by atoms with E-state index in [-0.39, 0.29) is 20.1 Å². The van der Waals surface area contributed by atoms with Crippen molar-refractivity contribution in [3.8, 4) is 33.6 Å². The third kappa shape index (κ3) is 6.04. The minimum atomic E-state index is 0. The van der Waals surface area contributed by atoms with Crippen LogP contribution < -0.4 is 0 Å². The summed E-state index contributed by atoms with van der Waals surface area (Å²) in [6.07, 6.45) is 4.50. The fourth-order valence-corrected chi connectivity index (χ4v) is 3.84. The summed E-state index contributed by atoms with van der Waals surface area (Å²) in [5, 5.41) is 1.14. The van der Waals surface area contributed by atoms with Gasteiger partial charge in [0.05, 0.1) is 0 Å². The van der Waals surface area contributed by atoms with Crippen LogP contribution in [0.3, 0.4) is 0 Å². The van der Waals surface area contributed by atoms with Crippen molar-refractivity contribution in [3.05, 3.63) is 133 Å². The number of furan rings is 1. The summed E-state index contributed by atoms with van der Waals surface area (Å²) in [7, 11) is 0. The first-order chi connectivity index (χ1) is 17.3. The second-order valence-corrected chi connectivity index (χ2v) is 8.02. The Morgan fingerprint density at radius 3 is 2.03 bits per heavy atom. The van der Waals surface area contributed by atoms with E-state index in [0.29, 0.717) is 0 Å². The number of benzene rings is 3. The van der Waals surface area contributed by atoms with E-state index in [1.807, 2.05) is 72.8 Å². The van der Waals surface area contributed by atoms with Crippen molar-refractivity contribution in [2.24, 2.45) is 0 Å². The van der Waals surface area contributed by atoms with Crippen LogP contribution in [0, 0.1) is 12.1 Å². The summed E-state index contributed by atoms with van der Waals surface area (Å²) in [5.41, 5.74) is 7.23. The molecule has 0 fully saturated rings. The van der Waals surface area contributed by atoms with Crippen LogP contribution in [0.25, 0.3) is 44.6 Å². The zero-order valence-corrected chi connectivity index (χ0v) is 22.2. The first kappa shape index (κ1) is 25.2. The molecule has 6 aromatic rings. The molecule has 1 radical (unpaired) electrons. The third-order valence-electron chi connectivity index (χ3n) is 5.64. The number of rotatable bonds is 4. The first-order valence-electron chi connectivity index (χ1n) is 11.6. The molecule has 179 valence electrons. The topological polar surface area (TPSA) is 38.9 Å². The predicted molar refractivity (Wildman–Crippen MR) is 142 cm³/mol. The molecule has 4 heteroatoms. The van der Waals surface area contributed by atoms with Gasteiger partial charge in [0.2, 0.25) is 0 Å². The summed E-state index contributed by atoms with van der Waals surface area (Å²) in [5.74, 6) is 1.02. The fourth-order valence-electron chi connectivity index (χ4n) is 3.84. The molecule has 6 rings (SSSR count). The zero-order chi connectivity index (χ0) is 23.9. The van der Waals surface area contributed by atoms with Crippen molar-refractivity contribution in [2.75, 3.05) is 0 Å². The van der Waals surface area contributed by atoms with Gasteiger partial charge in [0, 0.05) is 44.3 Å². The second kappa shape index (κ2) is 12.2. The maximum Gasteiger partial charge on any atom is 0.134 e. The monoisotopic (exact) mass is 645 g/mol. The minimum absolute atomic E-state index is 0. The van der Waals surface area contributed by atoms with Crippen LogP contribution in [0.4, 0.5) is 0 Å². The summed E-state index contributed by atoms with van der Waals surface area (Å²) in [4.78, 5) is 8.62. The van der Waals surface area contributed by atoms with E-state index < -0.39 is 0 Å². The van der Waals surface area contributed by atoms with Crippen molar-refractivity contribution in [2.45, 2.75) is 13.3 Å². The molecule has 0 N–H and O–H groups in total. The molecule has 0 spiro atoms. The Balaban J connectivity index is 0.000000198. The molecule has 0 saturated carbocycles. The molecule has 0 bridgehead atoms. The summed E-state index contributed by atoms with van der Waals surface area (Å²) < 4.78 is 5.78. The molecular weight excluding hydrogens is 621 g/mol. The van der Waals surface area contributed by atoms with Gasteiger partial charge in [0.25, 0.3) is 0 Å². The molecular formula is C32H24IrN2O-2. The maximum atomic E-state index is 5.78. The van der Waals surface area contributed by atoms with Crippen molar-refractivity contribution >= 4 is 11.0 Å². The van der Waals surface area contributed by atoms with Gasteiger partial charge in [-0.2, -0.15) is 0 Å². The van der Waals surface area contributed by atoms with E-state index in [2.05, 4.69) is 59.4 Å². The predicted octanol–water partition coefficient (Wildman–Crippen LogP) is 8.07. The Labute approximate surface area is 225 Å². The average Bonchev–Trinajstić information content (AvgIpc) is 3.38. The molecule has 0 saturated heterocycles. The third-order valence-corrected chi connectivity index (χ3v) is 5.64. The van der Waals surface area contributed by atoms with Crippen molar-refractivity contribution in [1.82, 2.24) is 9.97 Å². The largest absolute Gasteiger partial charge is 0.461 e. The molecule has 3 nitrogen and oxygen atoms in total. The van der Waals surface area contributed by atoms with Crippen molar-refractivity contribution in [3.63, 3.8) is 0 Å². The van der Waals surface area contributed by atoms with E-state index in [1.165, 1.54) is 5.56 Å². The van der Waals surface area contributed by atoms with Crippen molar-refractivity contribution in [1.29, 1.82) is 0 Å². The Bertz CT molecular complexity index is 1480. The van der Waals surface area contributed by atoms with E-state index in [9.17, 15) is 0 Å². The molecule has 0 aliphatic rings. The van der Waals surface area contributed by atoms with Gasteiger partial charge in [0.1, 0.15) is 11.3 Å². The van der Waals surface area contributed by atoms with Gasteiger partial charge >= 0.3 is 0 Å². The summed E-state index contributed by atoms with van der Waals surface area (Å²) >= 11 is 0. The number of hydrogen-bond acceptors (Lipinski definition) is 3. The van der Waals surface area contributed by atoms with Gasteiger partial charge in [-0.3, -0.25) is 0 Å². The molecule has 0 atom stereocenters. The van der Waals surface area contributed by atoms with Crippen LogP contribution >= 0.6 is 0 Å². The molecule has 0 unspecified atom stereocenters. The van der Waals surface area contributed by atoms with Crippen LogP contribution in [0.1, 0.15) is 12.7 Å². The van der Waals surface area contributed by atoms with E-state index in [4.69, 9.17) is 4.42 Å².